The largest absolute Gasteiger partial charge is 0.241 e. The Morgan fingerprint density at radius 3 is 1.82 bits per heavy atom. The zero-order valence-corrected chi connectivity index (χ0v) is 10.5. The molecule has 2 heteroatoms. The van der Waals surface area contributed by atoms with Gasteiger partial charge in [0.25, 0.3) is 0 Å². The minimum atomic E-state index is 0.813. The van der Waals surface area contributed by atoms with Crippen molar-refractivity contribution in [1.82, 2.24) is 9.97 Å². The SMILES string of the molecule is CCc1ccc(Cc2ncc(CC)cn2)cc1. The Kier molecular flexibility index (Phi) is 3.86. The molecule has 2 aromatic rings. The Morgan fingerprint density at radius 1 is 0.765 bits per heavy atom. The highest BCUT2D eigenvalue weighted by atomic mass is 14.9. The van der Waals surface area contributed by atoms with Gasteiger partial charge in [0.2, 0.25) is 0 Å². The van der Waals surface area contributed by atoms with Crippen molar-refractivity contribution in [3.8, 4) is 0 Å². The minimum absolute atomic E-state index is 0.813. The average molecular weight is 226 g/mol. The molecular weight excluding hydrogens is 208 g/mol. The maximum absolute atomic E-state index is 4.38. The highest BCUT2D eigenvalue weighted by Crippen LogP contribution is 2.08. The standard InChI is InChI=1S/C15H18N2/c1-3-12-5-7-14(8-6-12)9-15-16-10-13(4-2)11-17-15/h5-8,10-11H,3-4,9H2,1-2H3. The first-order chi connectivity index (χ1) is 8.31. The van der Waals surface area contributed by atoms with Crippen LogP contribution in [0.2, 0.25) is 0 Å². The van der Waals surface area contributed by atoms with Gasteiger partial charge in [0, 0.05) is 18.8 Å². The highest BCUT2D eigenvalue weighted by molar-refractivity contribution is 5.24. The van der Waals surface area contributed by atoms with E-state index < -0.39 is 0 Å². The topological polar surface area (TPSA) is 25.8 Å². The fourth-order valence-corrected chi connectivity index (χ4v) is 1.73. The van der Waals surface area contributed by atoms with Crippen molar-refractivity contribution >= 4 is 0 Å². The van der Waals surface area contributed by atoms with Crippen LogP contribution in [0.25, 0.3) is 0 Å². The van der Waals surface area contributed by atoms with Crippen molar-refractivity contribution in [3.05, 3.63) is 59.2 Å². The molecule has 2 nitrogen and oxygen atoms in total. The Morgan fingerprint density at radius 2 is 1.29 bits per heavy atom. The number of aryl methyl sites for hydroxylation is 2. The summed E-state index contributed by atoms with van der Waals surface area (Å²) in [6.07, 6.45) is 6.73. The van der Waals surface area contributed by atoms with Crippen LogP contribution in [-0.4, -0.2) is 9.97 Å². The summed E-state index contributed by atoms with van der Waals surface area (Å²) in [6, 6.07) is 8.68. The molecule has 0 fully saturated rings. The molecule has 1 aromatic carbocycles. The first kappa shape index (κ1) is 11.8. The third-order valence-electron chi connectivity index (χ3n) is 2.96. The van der Waals surface area contributed by atoms with Crippen LogP contribution < -0.4 is 0 Å². The first-order valence-corrected chi connectivity index (χ1v) is 6.19. The Balaban J connectivity index is 2.08. The van der Waals surface area contributed by atoms with Gasteiger partial charge in [0.1, 0.15) is 5.82 Å². The summed E-state index contributed by atoms with van der Waals surface area (Å²) in [5, 5.41) is 0. The molecule has 88 valence electrons. The molecule has 0 spiro atoms. The fraction of sp³-hybridized carbons (Fsp3) is 0.333. The van der Waals surface area contributed by atoms with Gasteiger partial charge in [0.05, 0.1) is 0 Å². The molecule has 0 amide bonds. The Bertz CT molecular complexity index is 412. The van der Waals surface area contributed by atoms with Crippen molar-refractivity contribution in [2.45, 2.75) is 33.1 Å². The number of benzene rings is 1. The van der Waals surface area contributed by atoms with E-state index in [-0.39, 0.29) is 0 Å². The average Bonchev–Trinajstić information content (AvgIpc) is 2.40. The van der Waals surface area contributed by atoms with Crippen LogP contribution in [0.5, 0.6) is 0 Å². The number of rotatable bonds is 4. The quantitative estimate of drug-likeness (QED) is 0.800. The van der Waals surface area contributed by atoms with E-state index in [4.69, 9.17) is 0 Å². The molecule has 17 heavy (non-hydrogen) atoms. The summed E-state index contributed by atoms with van der Waals surface area (Å²) in [5.74, 6) is 0.895. The molecule has 0 aliphatic rings. The molecule has 1 aromatic heterocycles. The molecule has 0 saturated heterocycles. The number of hydrogen-bond donors (Lipinski definition) is 0. The van der Waals surface area contributed by atoms with E-state index in [2.05, 4.69) is 48.1 Å². The van der Waals surface area contributed by atoms with E-state index in [1.54, 1.807) is 0 Å². The van der Waals surface area contributed by atoms with E-state index in [1.165, 1.54) is 16.7 Å². The number of aromatic nitrogens is 2. The predicted octanol–water partition coefficient (Wildman–Crippen LogP) is 3.19. The molecule has 0 aliphatic heterocycles. The minimum Gasteiger partial charge on any atom is -0.241 e. The number of nitrogens with zero attached hydrogens (tertiary/aromatic N) is 2. The van der Waals surface area contributed by atoms with Crippen LogP contribution in [0, 0.1) is 0 Å². The van der Waals surface area contributed by atoms with Gasteiger partial charge in [-0.05, 0) is 29.5 Å². The molecule has 2 rings (SSSR count). The zero-order chi connectivity index (χ0) is 12.1. The molecule has 0 bridgehead atoms. The smallest absolute Gasteiger partial charge is 0.132 e. The molecule has 1 heterocycles. The van der Waals surface area contributed by atoms with Crippen LogP contribution in [0.15, 0.2) is 36.7 Å². The molecule has 0 N–H and O–H groups in total. The monoisotopic (exact) mass is 226 g/mol. The van der Waals surface area contributed by atoms with E-state index in [1.807, 2.05) is 12.4 Å². The molecular formula is C15H18N2. The summed E-state index contributed by atoms with van der Waals surface area (Å²) in [5.41, 5.74) is 3.83. The van der Waals surface area contributed by atoms with E-state index in [9.17, 15) is 0 Å². The lowest BCUT2D eigenvalue weighted by Gasteiger charge is -2.03. The fourth-order valence-electron chi connectivity index (χ4n) is 1.73. The lowest BCUT2D eigenvalue weighted by molar-refractivity contribution is 0.934. The highest BCUT2D eigenvalue weighted by Gasteiger charge is 1.99. The molecule has 0 atom stereocenters. The van der Waals surface area contributed by atoms with Gasteiger partial charge in [-0.2, -0.15) is 0 Å². The van der Waals surface area contributed by atoms with Crippen LogP contribution in [-0.2, 0) is 19.3 Å². The number of hydrogen-bond acceptors (Lipinski definition) is 2. The predicted molar refractivity (Wildman–Crippen MR) is 70.0 cm³/mol. The van der Waals surface area contributed by atoms with Crippen molar-refractivity contribution in [2.75, 3.05) is 0 Å². The van der Waals surface area contributed by atoms with Gasteiger partial charge in [-0.25, -0.2) is 9.97 Å². The van der Waals surface area contributed by atoms with Gasteiger partial charge in [0.15, 0.2) is 0 Å². The summed E-state index contributed by atoms with van der Waals surface area (Å²) in [7, 11) is 0. The van der Waals surface area contributed by atoms with Crippen LogP contribution in [0.3, 0.4) is 0 Å². The zero-order valence-electron chi connectivity index (χ0n) is 10.5. The van der Waals surface area contributed by atoms with E-state index >= 15 is 0 Å². The van der Waals surface area contributed by atoms with Gasteiger partial charge < -0.3 is 0 Å². The molecule has 0 saturated carbocycles. The summed E-state index contributed by atoms with van der Waals surface area (Å²) < 4.78 is 0. The Labute approximate surface area is 103 Å². The summed E-state index contributed by atoms with van der Waals surface area (Å²) >= 11 is 0. The van der Waals surface area contributed by atoms with Gasteiger partial charge in [-0.15, -0.1) is 0 Å². The van der Waals surface area contributed by atoms with Gasteiger partial charge in [-0.3, -0.25) is 0 Å². The van der Waals surface area contributed by atoms with Crippen molar-refractivity contribution in [3.63, 3.8) is 0 Å². The van der Waals surface area contributed by atoms with Crippen molar-refractivity contribution in [2.24, 2.45) is 0 Å². The second-order valence-electron chi connectivity index (χ2n) is 4.21. The van der Waals surface area contributed by atoms with Crippen molar-refractivity contribution in [1.29, 1.82) is 0 Å². The summed E-state index contributed by atoms with van der Waals surface area (Å²) in [6.45, 7) is 4.28. The lowest BCUT2D eigenvalue weighted by Crippen LogP contribution is -1.97. The third kappa shape index (κ3) is 3.13. The first-order valence-electron chi connectivity index (χ1n) is 6.19. The van der Waals surface area contributed by atoms with E-state index in [0.717, 1.165) is 25.1 Å². The van der Waals surface area contributed by atoms with Crippen LogP contribution >= 0.6 is 0 Å². The van der Waals surface area contributed by atoms with Gasteiger partial charge >= 0.3 is 0 Å². The Hall–Kier alpha value is -1.70. The maximum Gasteiger partial charge on any atom is 0.132 e. The van der Waals surface area contributed by atoms with Crippen molar-refractivity contribution < 1.29 is 0 Å². The third-order valence-corrected chi connectivity index (χ3v) is 2.96. The molecule has 0 radical (unpaired) electrons. The molecule has 0 aliphatic carbocycles. The maximum atomic E-state index is 4.38. The lowest BCUT2D eigenvalue weighted by atomic mass is 10.1. The second-order valence-corrected chi connectivity index (χ2v) is 4.21. The second kappa shape index (κ2) is 5.58. The van der Waals surface area contributed by atoms with Crippen LogP contribution in [0.4, 0.5) is 0 Å². The van der Waals surface area contributed by atoms with Crippen LogP contribution in [0.1, 0.15) is 36.4 Å². The normalized spacial score (nSPS) is 10.5. The summed E-state index contributed by atoms with van der Waals surface area (Å²) in [4.78, 5) is 8.75. The van der Waals surface area contributed by atoms with E-state index in [0.29, 0.717) is 0 Å². The molecule has 0 unspecified atom stereocenters. The van der Waals surface area contributed by atoms with Gasteiger partial charge in [-0.1, -0.05) is 38.1 Å².